The molecule has 2 aromatic carbocycles. The summed E-state index contributed by atoms with van der Waals surface area (Å²) >= 11 is 0. The van der Waals surface area contributed by atoms with Gasteiger partial charge in [0.05, 0.1) is 16.6 Å². The molecule has 0 unspecified atom stereocenters. The minimum atomic E-state index is 0.593. The molecule has 0 radical (unpaired) electrons. The highest BCUT2D eigenvalue weighted by atomic mass is 15.2. The number of nitrogens with zero attached hydrogens (tertiary/aromatic N) is 4. The number of hydrogen-bond acceptors (Lipinski definition) is 4. The first-order valence-electron chi connectivity index (χ1n) is 9.95. The Bertz CT molecular complexity index is 1130. The summed E-state index contributed by atoms with van der Waals surface area (Å²) < 4.78 is 0. The van der Waals surface area contributed by atoms with Crippen molar-refractivity contribution in [3.8, 4) is 11.5 Å². The van der Waals surface area contributed by atoms with Crippen LogP contribution >= 0.6 is 0 Å². The molecule has 144 valence electrons. The largest absolute Gasteiger partial charge is 0.371 e. The number of benzene rings is 2. The summed E-state index contributed by atoms with van der Waals surface area (Å²) in [5.41, 5.74) is 6.38. The zero-order valence-electron chi connectivity index (χ0n) is 16.7. The van der Waals surface area contributed by atoms with E-state index in [9.17, 15) is 0 Å². The van der Waals surface area contributed by atoms with Gasteiger partial charge in [0, 0.05) is 24.2 Å². The number of piperidine rings is 1. The first kappa shape index (κ1) is 17.3. The normalized spacial score (nSPS) is 16.2. The molecule has 0 amide bonds. The Kier molecular flexibility index (Phi) is 4.09. The predicted octanol–water partition coefficient (Wildman–Crippen LogP) is 3.95. The van der Waals surface area contributed by atoms with Gasteiger partial charge in [-0.3, -0.25) is 5.10 Å². The molecular formula is C22H26N6. The summed E-state index contributed by atoms with van der Waals surface area (Å²) in [6, 6.07) is 13.3. The third kappa shape index (κ3) is 2.85. The molecule has 0 bridgehead atoms. The fraction of sp³-hybridized carbons (Fsp3) is 0.364. The fourth-order valence-corrected chi connectivity index (χ4v) is 4.29. The van der Waals surface area contributed by atoms with Crippen LogP contribution < -0.4 is 4.90 Å². The Labute approximate surface area is 164 Å². The number of H-pyrrole nitrogens is 2. The van der Waals surface area contributed by atoms with Crippen molar-refractivity contribution in [3.05, 3.63) is 42.0 Å². The van der Waals surface area contributed by atoms with E-state index in [2.05, 4.69) is 82.4 Å². The number of hydrogen-bond donors (Lipinski definition) is 2. The molecule has 28 heavy (non-hydrogen) atoms. The molecule has 1 saturated heterocycles. The average Bonchev–Trinajstić information content (AvgIpc) is 3.32. The minimum Gasteiger partial charge on any atom is -0.371 e. The number of imidazole rings is 1. The van der Waals surface area contributed by atoms with Crippen molar-refractivity contribution in [2.75, 3.05) is 32.1 Å². The van der Waals surface area contributed by atoms with Gasteiger partial charge in [0.2, 0.25) is 0 Å². The van der Waals surface area contributed by atoms with Gasteiger partial charge >= 0.3 is 0 Å². The molecule has 6 heteroatoms. The zero-order valence-corrected chi connectivity index (χ0v) is 16.7. The SMILES string of the molecule is Cc1cccc2c(-c3nc4ccc(N(C)C5CCN(C)CC5)cc4[nH]3)[nH]nc12. The molecule has 1 aliphatic heterocycles. The van der Waals surface area contributed by atoms with Gasteiger partial charge < -0.3 is 14.8 Å². The van der Waals surface area contributed by atoms with Gasteiger partial charge in [-0.05, 0) is 63.7 Å². The zero-order chi connectivity index (χ0) is 19.3. The third-order valence-electron chi connectivity index (χ3n) is 6.13. The summed E-state index contributed by atoms with van der Waals surface area (Å²) in [5.74, 6) is 0.835. The van der Waals surface area contributed by atoms with Crippen LogP contribution in [0.1, 0.15) is 18.4 Å². The second-order valence-electron chi connectivity index (χ2n) is 8.00. The van der Waals surface area contributed by atoms with Crippen molar-refractivity contribution >= 4 is 27.6 Å². The van der Waals surface area contributed by atoms with Gasteiger partial charge in [0.1, 0.15) is 5.69 Å². The van der Waals surface area contributed by atoms with Crippen LogP contribution in [-0.4, -0.2) is 58.3 Å². The number of rotatable bonds is 3. The van der Waals surface area contributed by atoms with Crippen LogP contribution in [0.5, 0.6) is 0 Å². The number of aryl methyl sites for hydroxylation is 1. The number of aromatic amines is 2. The van der Waals surface area contributed by atoms with Crippen LogP contribution in [0.4, 0.5) is 5.69 Å². The maximum absolute atomic E-state index is 4.81. The average molecular weight is 374 g/mol. The van der Waals surface area contributed by atoms with Gasteiger partial charge in [-0.1, -0.05) is 18.2 Å². The molecule has 6 nitrogen and oxygen atoms in total. The lowest BCUT2D eigenvalue weighted by Gasteiger charge is -2.36. The fourth-order valence-electron chi connectivity index (χ4n) is 4.29. The van der Waals surface area contributed by atoms with Gasteiger partial charge in [-0.2, -0.15) is 5.10 Å². The van der Waals surface area contributed by atoms with E-state index in [1.165, 1.54) is 18.5 Å². The van der Waals surface area contributed by atoms with Gasteiger partial charge in [0.15, 0.2) is 5.82 Å². The topological polar surface area (TPSA) is 63.8 Å². The smallest absolute Gasteiger partial charge is 0.157 e. The Morgan fingerprint density at radius 3 is 2.79 bits per heavy atom. The Hall–Kier alpha value is -2.86. The van der Waals surface area contributed by atoms with E-state index in [4.69, 9.17) is 4.98 Å². The maximum atomic E-state index is 4.81. The first-order chi connectivity index (χ1) is 13.6. The molecular weight excluding hydrogens is 348 g/mol. The number of aromatic nitrogens is 4. The summed E-state index contributed by atoms with van der Waals surface area (Å²) in [4.78, 5) is 13.1. The molecule has 5 rings (SSSR count). The second kappa shape index (κ2) is 6.63. The highest BCUT2D eigenvalue weighted by Crippen LogP contribution is 2.30. The lowest BCUT2D eigenvalue weighted by Crippen LogP contribution is -2.41. The van der Waals surface area contributed by atoms with Crippen molar-refractivity contribution in [1.29, 1.82) is 0 Å². The molecule has 1 fully saturated rings. The standard InChI is InChI=1S/C22H26N6/c1-14-5-4-6-17-20(14)25-26-21(17)22-23-18-8-7-16(13-19(18)24-22)28(3)15-9-11-27(2)12-10-15/h4-8,13,15H,9-12H2,1-3H3,(H,23,24)(H,25,26). The van der Waals surface area contributed by atoms with E-state index >= 15 is 0 Å². The highest BCUT2D eigenvalue weighted by molar-refractivity contribution is 5.94. The van der Waals surface area contributed by atoms with Crippen LogP contribution in [0.15, 0.2) is 36.4 Å². The number of anilines is 1. The van der Waals surface area contributed by atoms with Crippen LogP contribution in [0, 0.1) is 6.92 Å². The summed E-state index contributed by atoms with van der Waals surface area (Å²) in [5, 5.41) is 8.75. The molecule has 4 aromatic rings. The van der Waals surface area contributed by atoms with E-state index < -0.39 is 0 Å². The van der Waals surface area contributed by atoms with Crippen LogP contribution in [0.2, 0.25) is 0 Å². The Balaban J connectivity index is 1.49. The molecule has 2 aromatic heterocycles. The van der Waals surface area contributed by atoms with E-state index in [-0.39, 0.29) is 0 Å². The van der Waals surface area contributed by atoms with Crippen molar-refractivity contribution in [2.24, 2.45) is 0 Å². The first-order valence-corrected chi connectivity index (χ1v) is 9.95. The van der Waals surface area contributed by atoms with Gasteiger partial charge in [-0.25, -0.2) is 4.98 Å². The van der Waals surface area contributed by atoms with Crippen molar-refractivity contribution in [2.45, 2.75) is 25.8 Å². The number of nitrogens with one attached hydrogen (secondary N) is 2. The van der Waals surface area contributed by atoms with Crippen molar-refractivity contribution in [3.63, 3.8) is 0 Å². The number of fused-ring (bicyclic) bond motifs is 2. The molecule has 0 spiro atoms. The highest BCUT2D eigenvalue weighted by Gasteiger charge is 2.21. The molecule has 2 N–H and O–H groups in total. The van der Waals surface area contributed by atoms with Gasteiger partial charge in [0.25, 0.3) is 0 Å². The lowest BCUT2D eigenvalue weighted by atomic mass is 10.0. The lowest BCUT2D eigenvalue weighted by molar-refractivity contribution is 0.253. The van der Waals surface area contributed by atoms with Crippen LogP contribution in [0.25, 0.3) is 33.5 Å². The van der Waals surface area contributed by atoms with E-state index in [1.807, 2.05) is 0 Å². The quantitative estimate of drug-likeness (QED) is 0.570. The van der Waals surface area contributed by atoms with Crippen LogP contribution in [-0.2, 0) is 0 Å². The van der Waals surface area contributed by atoms with Crippen LogP contribution in [0.3, 0.4) is 0 Å². The Morgan fingerprint density at radius 1 is 1.14 bits per heavy atom. The third-order valence-corrected chi connectivity index (χ3v) is 6.13. The van der Waals surface area contributed by atoms with E-state index in [1.54, 1.807) is 0 Å². The van der Waals surface area contributed by atoms with Crippen molar-refractivity contribution < 1.29 is 0 Å². The number of likely N-dealkylation sites (tertiary alicyclic amines) is 1. The minimum absolute atomic E-state index is 0.593. The molecule has 0 atom stereocenters. The van der Waals surface area contributed by atoms with E-state index in [0.717, 1.165) is 52.1 Å². The molecule has 0 aliphatic carbocycles. The maximum Gasteiger partial charge on any atom is 0.157 e. The van der Waals surface area contributed by atoms with E-state index in [0.29, 0.717) is 6.04 Å². The summed E-state index contributed by atoms with van der Waals surface area (Å²) in [6.45, 7) is 4.41. The molecule has 1 aliphatic rings. The summed E-state index contributed by atoms with van der Waals surface area (Å²) in [7, 11) is 4.41. The van der Waals surface area contributed by atoms with Crippen molar-refractivity contribution in [1.82, 2.24) is 25.1 Å². The second-order valence-corrected chi connectivity index (χ2v) is 8.00. The predicted molar refractivity (Wildman–Crippen MR) is 115 cm³/mol. The monoisotopic (exact) mass is 374 g/mol. The Morgan fingerprint density at radius 2 is 1.96 bits per heavy atom. The summed E-state index contributed by atoms with van der Waals surface area (Å²) in [6.07, 6.45) is 2.41. The number of para-hydroxylation sites is 1. The molecule has 3 heterocycles. The van der Waals surface area contributed by atoms with Gasteiger partial charge in [-0.15, -0.1) is 0 Å². The molecule has 0 saturated carbocycles.